The number of nitrogens with one attached hydrogen (secondary N) is 1. The van der Waals surface area contributed by atoms with Gasteiger partial charge in [-0.05, 0) is 30.7 Å². The van der Waals surface area contributed by atoms with Gasteiger partial charge in [0.15, 0.2) is 0 Å². The third kappa shape index (κ3) is 2.46. The molecule has 4 heteroatoms. The minimum atomic E-state index is -0.298. The lowest BCUT2D eigenvalue weighted by molar-refractivity contribution is -0.140. The summed E-state index contributed by atoms with van der Waals surface area (Å²) < 4.78 is 18.1. The van der Waals surface area contributed by atoms with Crippen LogP contribution in [0.5, 0.6) is 0 Å². The molecule has 0 saturated carbocycles. The summed E-state index contributed by atoms with van der Waals surface area (Å²) in [4.78, 5) is 13.9. The van der Waals surface area contributed by atoms with Crippen LogP contribution < -0.4 is 0 Å². The van der Waals surface area contributed by atoms with E-state index < -0.39 is 0 Å². The minimum absolute atomic E-state index is 0.259. The van der Waals surface area contributed by atoms with E-state index in [1.165, 1.54) is 19.1 Å². The number of hydrogen-bond donors (Lipinski definition) is 1. The van der Waals surface area contributed by atoms with E-state index in [1.54, 1.807) is 6.07 Å². The van der Waals surface area contributed by atoms with Gasteiger partial charge >= 0.3 is 5.97 Å². The maximum absolute atomic E-state index is 13.2. The number of benzene rings is 1. The minimum Gasteiger partial charge on any atom is -0.466 e. The molecule has 0 aliphatic heterocycles. The molecule has 17 heavy (non-hydrogen) atoms. The summed E-state index contributed by atoms with van der Waals surface area (Å²) in [5.41, 5.74) is 2.89. The van der Waals surface area contributed by atoms with Crippen molar-refractivity contribution in [2.45, 2.75) is 20.3 Å². The molecule has 0 fully saturated rings. The first kappa shape index (κ1) is 11.6. The summed E-state index contributed by atoms with van der Waals surface area (Å²) in [5, 5.41) is 0.856. The largest absolute Gasteiger partial charge is 0.466 e. The normalized spacial score (nSPS) is 10.8. The number of fused-ring (bicyclic) bond motifs is 1. The second-order valence-electron chi connectivity index (χ2n) is 4.01. The first-order valence-electron chi connectivity index (χ1n) is 5.48. The molecule has 1 N–H and O–H groups in total. The number of carbonyl (C=O) groups excluding carboxylic acids is 1. The fourth-order valence-electron chi connectivity index (χ4n) is 1.97. The molecule has 0 spiro atoms. The van der Waals surface area contributed by atoms with Crippen LogP contribution in [-0.2, 0) is 16.0 Å². The van der Waals surface area contributed by atoms with Gasteiger partial charge in [-0.1, -0.05) is 0 Å². The molecule has 0 aliphatic rings. The van der Waals surface area contributed by atoms with E-state index in [9.17, 15) is 9.18 Å². The molecular formula is C13H14FNO2. The number of rotatable bonds is 3. The zero-order chi connectivity index (χ0) is 12.4. The summed E-state index contributed by atoms with van der Waals surface area (Å²) in [7, 11) is 0. The summed E-state index contributed by atoms with van der Waals surface area (Å²) >= 11 is 0. The lowest BCUT2D eigenvalue weighted by atomic mass is 10.1. The van der Waals surface area contributed by atoms with E-state index in [1.807, 2.05) is 6.92 Å². The van der Waals surface area contributed by atoms with Gasteiger partial charge in [-0.3, -0.25) is 4.79 Å². The quantitative estimate of drug-likeness (QED) is 0.831. The highest BCUT2D eigenvalue weighted by molar-refractivity contribution is 5.84. The molecule has 1 heterocycles. The lowest BCUT2D eigenvalue weighted by Gasteiger charge is -2.02. The SMILES string of the molecule is CC(=O)OCCc1c(C)[nH]c2ccc(F)cc12. The predicted molar refractivity (Wildman–Crippen MR) is 63.3 cm³/mol. The Morgan fingerprint density at radius 2 is 2.24 bits per heavy atom. The predicted octanol–water partition coefficient (Wildman–Crippen LogP) is 2.72. The van der Waals surface area contributed by atoms with E-state index in [-0.39, 0.29) is 11.8 Å². The number of carbonyl (C=O) groups is 1. The van der Waals surface area contributed by atoms with E-state index in [2.05, 4.69) is 4.98 Å². The van der Waals surface area contributed by atoms with Crippen LogP contribution in [0.2, 0.25) is 0 Å². The number of halogens is 1. The zero-order valence-electron chi connectivity index (χ0n) is 9.84. The molecule has 2 rings (SSSR count). The third-order valence-electron chi connectivity index (χ3n) is 2.74. The van der Waals surface area contributed by atoms with Gasteiger partial charge in [0.05, 0.1) is 6.61 Å². The average Bonchev–Trinajstić information content (AvgIpc) is 2.55. The van der Waals surface area contributed by atoms with Gasteiger partial charge in [-0.2, -0.15) is 0 Å². The number of hydrogen-bond acceptors (Lipinski definition) is 2. The topological polar surface area (TPSA) is 42.1 Å². The van der Waals surface area contributed by atoms with Gasteiger partial charge < -0.3 is 9.72 Å². The standard InChI is InChI=1S/C13H14FNO2/c1-8-11(5-6-17-9(2)16)12-7-10(14)3-4-13(12)15-8/h3-4,7,15H,5-6H2,1-2H3. The van der Waals surface area contributed by atoms with Crippen LogP contribution in [0.25, 0.3) is 10.9 Å². The Morgan fingerprint density at radius 3 is 2.94 bits per heavy atom. The number of aromatic amines is 1. The monoisotopic (exact) mass is 235 g/mol. The summed E-state index contributed by atoms with van der Waals surface area (Å²) in [5.74, 6) is -0.557. The summed E-state index contributed by atoms with van der Waals surface area (Å²) in [6, 6.07) is 4.64. The van der Waals surface area contributed by atoms with Crippen LogP contribution in [0.1, 0.15) is 18.2 Å². The van der Waals surface area contributed by atoms with Crippen LogP contribution >= 0.6 is 0 Å². The van der Waals surface area contributed by atoms with Gasteiger partial charge in [0.25, 0.3) is 0 Å². The average molecular weight is 235 g/mol. The van der Waals surface area contributed by atoms with Crippen molar-refractivity contribution in [1.29, 1.82) is 0 Å². The molecule has 0 amide bonds. The third-order valence-corrected chi connectivity index (χ3v) is 2.74. The second-order valence-corrected chi connectivity index (χ2v) is 4.01. The zero-order valence-corrected chi connectivity index (χ0v) is 9.84. The molecule has 1 aromatic heterocycles. The van der Waals surface area contributed by atoms with Gasteiger partial charge in [0.2, 0.25) is 0 Å². The lowest BCUT2D eigenvalue weighted by Crippen LogP contribution is -2.03. The van der Waals surface area contributed by atoms with Crippen molar-refractivity contribution < 1.29 is 13.9 Å². The molecule has 0 bridgehead atoms. The number of ether oxygens (including phenoxy) is 1. The van der Waals surface area contributed by atoms with Gasteiger partial charge in [0, 0.05) is 29.9 Å². The fourth-order valence-corrected chi connectivity index (χ4v) is 1.97. The van der Waals surface area contributed by atoms with Crippen LogP contribution in [-0.4, -0.2) is 17.6 Å². The molecule has 2 aromatic rings. The number of H-pyrrole nitrogens is 1. The van der Waals surface area contributed by atoms with E-state index >= 15 is 0 Å². The first-order valence-corrected chi connectivity index (χ1v) is 5.48. The molecule has 0 saturated heterocycles. The van der Waals surface area contributed by atoms with Crippen molar-refractivity contribution in [1.82, 2.24) is 4.98 Å². The van der Waals surface area contributed by atoms with Crippen molar-refractivity contribution in [3.63, 3.8) is 0 Å². The van der Waals surface area contributed by atoms with Crippen molar-refractivity contribution in [2.24, 2.45) is 0 Å². The number of esters is 1. The highest BCUT2D eigenvalue weighted by atomic mass is 19.1. The molecular weight excluding hydrogens is 221 g/mol. The van der Waals surface area contributed by atoms with Crippen LogP contribution in [0, 0.1) is 12.7 Å². The summed E-state index contributed by atoms with van der Waals surface area (Å²) in [6.07, 6.45) is 0.592. The number of aromatic nitrogens is 1. The van der Waals surface area contributed by atoms with Crippen LogP contribution in [0.4, 0.5) is 4.39 Å². The smallest absolute Gasteiger partial charge is 0.302 e. The van der Waals surface area contributed by atoms with Gasteiger partial charge in [0.1, 0.15) is 5.82 Å². The van der Waals surface area contributed by atoms with Crippen molar-refractivity contribution >= 4 is 16.9 Å². The van der Waals surface area contributed by atoms with Gasteiger partial charge in [-0.25, -0.2) is 4.39 Å². The Hall–Kier alpha value is -1.84. The molecule has 0 radical (unpaired) electrons. The van der Waals surface area contributed by atoms with E-state index in [0.29, 0.717) is 13.0 Å². The summed E-state index contributed by atoms with van der Waals surface area (Å²) in [6.45, 7) is 3.63. The van der Waals surface area contributed by atoms with Crippen molar-refractivity contribution in [3.8, 4) is 0 Å². The van der Waals surface area contributed by atoms with Crippen molar-refractivity contribution in [3.05, 3.63) is 35.3 Å². The Labute approximate surface area is 98.6 Å². The molecule has 90 valence electrons. The first-order chi connectivity index (χ1) is 8.08. The van der Waals surface area contributed by atoms with E-state index in [4.69, 9.17) is 4.74 Å². The van der Waals surface area contributed by atoms with E-state index in [0.717, 1.165) is 22.2 Å². The Balaban J connectivity index is 2.28. The Kier molecular flexibility index (Phi) is 3.13. The molecule has 1 aromatic carbocycles. The van der Waals surface area contributed by atoms with Crippen LogP contribution in [0.3, 0.4) is 0 Å². The molecule has 0 aliphatic carbocycles. The van der Waals surface area contributed by atoms with Gasteiger partial charge in [-0.15, -0.1) is 0 Å². The van der Waals surface area contributed by atoms with Crippen molar-refractivity contribution in [2.75, 3.05) is 6.61 Å². The molecule has 0 atom stereocenters. The van der Waals surface area contributed by atoms with Crippen LogP contribution in [0.15, 0.2) is 18.2 Å². The number of aryl methyl sites for hydroxylation is 1. The Morgan fingerprint density at radius 1 is 1.47 bits per heavy atom. The molecule has 0 unspecified atom stereocenters. The maximum Gasteiger partial charge on any atom is 0.302 e. The highest BCUT2D eigenvalue weighted by Crippen LogP contribution is 2.23. The highest BCUT2D eigenvalue weighted by Gasteiger charge is 2.09. The Bertz CT molecular complexity index is 560. The molecule has 3 nitrogen and oxygen atoms in total. The fraction of sp³-hybridized carbons (Fsp3) is 0.308. The second kappa shape index (κ2) is 4.57. The maximum atomic E-state index is 13.2.